The molecule has 1 heterocycles. The zero-order valence-corrected chi connectivity index (χ0v) is 16.1. The number of nitrogens with one attached hydrogen (secondary N) is 1. The highest BCUT2D eigenvalue weighted by Gasteiger charge is 2.24. The molecule has 144 valence electrons. The van der Waals surface area contributed by atoms with Crippen molar-refractivity contribution in [3.8, 4) is 11.5 Å². The molecule has 1 atom stereocenters. The summed E-state index contributed by atoms with van der Waals surface area (Å²) in [6, 6.07) is 14.0. The first-order valence-electron chi connectivity index (χ1n) is 8.21. The Kier molecular flexibility index (Phi) is 5.69. The van der Waals surface area contributed by atoms with Gasteiger partial charge in [0.1, 0.15) is 33.8 Å². The molecular weight excluding hydrogens is 370 g/mol. The summed E-state index contributed by atoms with van der Waals surface area (Å²) in [5.74, 6) is 1.18. The molecule has 0 bridgehead atoms. The maximum Gasteiger partial charge on any atom is 0.244 e. The third-order valence-corrected chi connectivity index (χ3v) is 5.61. The molecule has 0 saturated carbocycles. The highest BCUT2D eigenvalue weighted by molar-refractivity contribution is 7.89. The van der Waals surface area contributed by atoms with Gasteiger partial charge in [0.25, 0.3) is 0 Å². The van der Waals surface area contributed by atoms with Crippen molar-refractivity contribution in [3.63, 3.8) is 0 Å². The van der Waals surface area contributed by atoms with E-state index in [1.54, 1.807) is 12.1 Å². The number of fused-ring (bicyclic) bond motifs is 1. The lowest BCUT2D eigenvalue weighted by molar-refractivity contribution is 0.0893. The fraction of sp³-hybridized carbons (Fsp3) is 0.263. The molecule has 8 heteroatoms. The molecule has 0 spiro atoms. The van der Waals surface area contributed by atoms with E-state index >= 15 is 0 Å². The van der Waals surface area contributed by atoms with Crippen LogP contribution in [0.5, 0.6) is 11.5 Å². The molecule has 1 aromatic heterocycles. The Morgan fingerprint density at radius 1 is 1.04 bits per heavy atom. The lowest BCUT2D eigenvalue weighted by Gasteiger charge is -2.16. The Morgan fingerprint density at radius 3 is 2.48 bits per heavy atom. The van der Waals surface area contributed by atoms with E-state index in [1.165, 1.54) is 27.4 Å². The number of methoxy groups -OCH3 is 3. The van der Waals surface area contributed by atoms with Crippen LogP contribution in [0.15, 0.2) is 57.8 Å². The molecule has 0 aliphatic rings. The molecule has 0 aliphatic heterocycles. The average Bonchev–Trinajstić information content (AvgIpc) is 3.11. The average molecular weight is 391 g/mol. The monoisotopic (exact) mass is 391 g/mol. The number of ether oxygens (including phenoxy) is 3. The first kappa shape index (κ1) is 19.2. The van der Waals surface area contributed by atoms with Crippen LogP contribution >= 0.6 is 0 Å². The number of benzene rings is 2. The number of para-hydroxylation sites is 1. The molecule has 7 nitrogen and oxygen atoms in total. The molecule has 2 aromatic carbocycles. The minimum Gasteiger partial charge on any atom is -0.497 e. The third-order valence-electron chi connectivity index (χ3n) is 4.17. The van der Waals surface area contributed by atoms with E-state index in [4.69, 9.17) is 18.6 Å². The predicted octanol–water partition coefficient (Wildman–Crippen LogP) is 3.12. The summed E-state index contributed by atoms with van der Waals surface area (Å²) in [6.45, 7) is -0.000973. The molecule has 27 heavy (non-hydrogen) atoms. The molecule has 0 radical (unpaired) electrons. The second kappa shape index (κ2) is 7.99. The van der Waals surface area contributed by atoms with Gasteiger partial charge in [0.2, 0.25) is 10.0 Å². The van der Waals surface area contributed by atoms with E-state index in [1.807, 2.05) is 30.3 Å². The lowest BCUT2D eigenvalue weighted by atomic mass is 10.2. The van der Waals surface area contributed by atoms with Crippen molar-refractivity contribution in [2.75, 3.05) is 27.9 Å². The quantitative estimate of drug-likeness (QED) is 0.635. The van der Waals surface area contributed by atoms with Gasteiger partial charge in [-0.1, -0.05) is 18.2 Å². The summed E-state index contributed by atoms with van der Waals surface area (Å²) in [4.78, 5) is -0.0104. The normalized spacial score (nSPS) is 12.9. The smallest absolute Gasteiger partial charge is 0.244 e. The number of rotatable bonds is 8. The summed E-state index contributed by atoms with van der Waals surface area (Å²) in [5, 5.41) is 0.923. The van der Waals surface area contributed by atoms with E-state index in [9.17, 15) is 8.42 Å². The van der Waals surface area contributed by atoms with Gasteiger partial charge < -0.3 is 18.6 Å². The van der Waals surface area contributed by atoms with Crippen molar-refractivity contribution in [3.05, 3.63) is 54.3 Å². The van der Waals surface area contributed by atoms with E-state index in [2.05, 4.69) is 4.72 Å². The standard InChI is InChI=1S/C19H21NO6S/c1-23-14-8-9-16(24-2)19(11-14)27(21,22)20-12-18(25-3)17-10-13-6-4-5-7-15(13)26-17/h4-11,18,20H,12H2,1-3H3/t18-/m1/s1. The molecule has 3 rings (SSSR count). The first-order chi connectivity index (χ1) is 13.0. The fourth-order valence-corrected chi connectivity index (χ4v) is 3.93. The second-order valence-corrected chi connectivity index (χ2v) is 7.52. The predicted molar refractivity (Wildman–Crippen MR) is 101 cm³/mol. The largest absolute Gasteiger partial charge is 0.497 e. The van der Waals surface area contributed by atoms with Crippen molar-refractivity contribution >= 4 is 21.0 Å². The Hall–Kier alpha value is -2.55. The SMILES string of the molecule is COc1ccc(OC)c(S(=O)(=O)NC[C@@H](OC)c2cc3ccccc3o2)c1. The Balaban J connectivity index is 1.83. The number of sulfonamides is 1. The topological polar surface area (TPSA) is 87.0 Å². The highest BCUT2D eigenvalue weighted by Crippen LogP contribution is 2.29. The van der Waals surface area contributed by atoms with Gasteiger partial charge in [-0.25, -0.2) is 13.1 Å². The number of hydrogen-bond donors (Lipinski definition) is 1. The van der Waals surface area contributed by atoms with Gasteiger partial charge in [0.15, 0.2) is 0 Å². The van der Waals surface area contributed by atoms with Crippen LogP contribution in [0.2, 0.25) is 0 Å². The van der Waals surface area contributed by atoms with Gasteiger partial charge in [0.05, 0.1) is 14.2 Å². The van der Waals surface area contributed by atoms with Gasteiger partial charge in [-0.2, -0.15) is 0 Å². The van der Waals surface area contributed by atoms with Crippen molar-refractivity contribution in [1.82, 2.24) is 4.72 Å². The summed E-state index contributed by atoms with van der Waals surface area (Å²) in [5.41, 5.74) is 0.715. The van der Waals surface area contributed by atoms with Gasteiger partial charge in [-0.05, 0) is 24.3 Å². The Morgan fingerprint density at radius 2 is 1.81 bits per heavy atom. The number of hydrogen-bond acceptors (Lipinski definition) is 6. The van der Waals surface area contributed by atoms with Crippen LogP contribution in [0, 0.1) is 0 Å². The molecule has 0 saturated heterocycles. The van der Waals surface area contributed by atoms with Crippen LogP contribution in [0.4, 0.5) is 0 Å². The fourth-order valence-electron chi connectivity index (χ4n) is 2.72. The lowest BCUT2D eigenvalue weighted by Crippen LogP contribution is -2.29. The van der Waals surface area contributed by atoms with Gasteiger partial charge in [-0.15, -0.1) is 0 Å². The summed E-state index contributed by atoms with van der Waals surface area (Å²) in [7, 11) is 0.519. The van der Waals surface area contributed by atoms with Crippen LogP contribution in [0.1, 0.15) is 11.9 Å². The van der Waals surface area contributed by atoms with Crippen LogP contribution in [-0.4, -0.2) is 36.3 Å². The van der Waals surface area contributed by atoms with Crippen LogP contribution in [0.3, 0.4) is 0 Å². The van der Waals surface area contributed by atoms with Crippen LogP contribution in [-0.2, 0) is 14.8 Å². The van der Waals surface area contributed by atoms with Crippen molar-refractivity contribution in [1.29, 1.82) is 0 Å². The molecule has 1 N–H and O–H groups in total. The zero-order chi connectivity index (χ0) is 19.4. The maximum atomic E-state index is 12.8. The zero-order valence-electron chi connectivity index (χ0n) is 15.3. The minimum atomic E-state index is -3.86. The molecule has 0 unspecified atom stereocenters. The van der Waals surface area contributed by atoms with E-state index < -0.39 is 16.1 Å². The van der Waals surface area contributed by atoms with E-state index in [-0.39, 0.29) is 17.2 Å². The molecule has 0 amide bonds. The van der Waals surface area contributed by atoms with Crippen molar-refractivity contribution < 1.29 is 27.0 Å². The van der Waals surface area contributed by atoms with E-state index in [0.717, 1.165) is 5.39 Å². The number of furan rings is 1. The Labute approximate surface area is 157 Å². The molecular formula is C19H21NO6S. The molecule has 0 fully saturated rings. The van der Waals surface area contributed by atoms with E-state index in [0.29, 0.717) is 17.1 Å². The summed E-state index contributed by atoms with van der Waals surface area (Å²) < 4.78 is 49.6. The van der Waals surface area contributed by atoms with Gasteiger partial charge >= 0.3 is 0 Å². The van der Waals surface area contributed by atoms with Crippen molar-refractivity contribution in [2.45, 2.75) is 11.0 Å². The summed E-state index contributed by atoms with van der Waals surface area (Å²) in [6.07, 6.45) is -0.580. The summed E-state index contributed by atoms with van der Waals surface area (Å²) >= 11 is 0. The first-order valence-corrected chi connectivity index (χ1v) is 9.69. The highest BCUT2D eigenvalue weighted by atomic mass is 32.2. The maximum absolute atomic E-state index is 12.8. The van der Waals surface area contributed by atoms with Crippen LogP contribution < -0.4 is 14.2 Å². The van der Waals surface area contributed by atoms with Crippen molar-refractivity contribution in [2.24, 2.45) is 0 Å². The second-order valence-electron chi connectivity index (χ2n) is 5.78. The molecule has 3 aromatic rings. The van der Waals surface area contributed by atoms with Crippen LogP contribution in [0.25, 0.3) is 11.0 Å². The minimum absolute atomic E-state index is 0.000973. The van der Waals surface area contributed by atoms with Gasteiger partial charge in [0, 0.05) is 25.1 Å². The molecule has 0 aliphatic carbocycles. The third kappa shape index (κ3) is 4.08. The Bertz CT molecular complexity index is 995. The van der Waals surface area contributed by atoms with Gasteiger partial charge in [-0.3, -0.25) is 0 Å².